The smallest absolute Gasteiger partial charge is 0.261 e. The molecular formula is C24H30N2O4S. The zero-order valence-electron chi connectivity index (χ0n) is 18.1. The van der Waals surface area contributed by atoms with Crippen LogP contribution < -0.4 is 10.0 Å². The SMILES string of the molecule is Cc1ccc(NS(=O)(=O)c2ccc3c(c2)C2OCCC2C(C2CCOCC2)N3)cc1C. The van der Waals surface area contributed by atoms with Crippen LogP contribution in [0.1, 0.15) is 42.1 Å². The lowest BCUT2D eigenvalue weighted by Gasteiger charge is -2.41. The third-order valence-electron chi connectivity index (χ3n) is 7.09. The minimum absolute atomic E-state index is 0.0548. The molecule has 0 aliphatic carbocycles. The van der Waals surface area contributed by atoms with Gasteiger partial charge in [-0.1, -0.05) is 6.07 Å². The molecule has 0 spiro atoms. The van der Waals surface area contributed by atoms with E-state index in [9.17, 15) is 8.42 Å². The highest BCUT2D eigenvalue weighted by Crippen LogP contribution is 2.48. The normalized spacial score (nSPS) is 26.1. The number of ether oxygens (including phenoxy) is 2. The number of anilines is 2. The molecule has 0 saturated carbocycles. The van der Waals surface area contributed by atoms with Crippen molar-refractivity contribution in [2.24, 2.45) is 11.8 Å². The molecule has 3 unspecified atom stereocenters. The number of fused-ring (bicyclic) bond motifs is 3. The summed E-state index contributed by atoms with van der Waals surface area (Å²) in [7, 11) is -3.69. The van der Waals surface area contributed by atoms with E-state index in [0.29, 0.717) is 30.2 Å². The summed E-state index contributed by atoms with van der Waals surface area (Å²) in [5.41, 5.74) is 4.70. The van der Waals surface area contributed by atoms with Crippen molar-refractivity contribution in [2.75, 3.05) is 29.9 Å². The van der Waals surface area contributed by atoms with Crippen molar-refractivity contribution >= 4 is 21.4 Å². The van der Waals surface area contributed by atoms with Crippen molar-refractivity contribution in [3.05, 3.63) is 53.1 Å². The van der Waals surface area contributed by atoms with Gasteiger partial charge < -0.3 is 14.8 Å². The van der Waals surface area contributed by atoms with Gasteiger partial charge in [0.15, 0.2) is 0 Å². The summed E-state index contributed by atoms with van der Waals surface area (Å²) in [6.07, 6.45) is 3.06. The first-order valence-electron chi connectivity index (χ1n) is 11.1. The van der Waals surface area contributed by atoms with Crippen LogP contribution >= 0.6 is 0 Å². The maximum atomic E-state index is 13.1. The van der Waals surface area contributed by atoms with Gasteiger partial charge in [0, 0.05) is 48.7 Å². The van der Waals surface area contributed by atoms with Crippen molar-refractivity contribution in [1.29, 1.82) is 0 Å². The first kappa shape index (κ1) is 20.8. The monoisotopic (exact) mass is 442 g/mol. The van der Waals surface area contributed by atoms with E-state index < -0.39 is 10.0 Å². The van der Waals surface area contributed by atoms with Gasteiger partial charge in [0.2, 0.25) is 0 Å². The van der Waals surface area contributed by atoms with Gasteiger partial charge in [-0.25, -0.2) is 8.42 Å². The molecule has 2 N–H and O–H groups in total. The van der Waals surface area contributed by atoms with Crippen LogP contribution in [0.15, 0.2) is 41.3 Å². The summed E-state index contributed by atoms with van der Waals surface area (Å²) in [4.78, 5) is 0.269. The lowest BCUT2D eigenvalue weighted by molar-refractivity contribution is 0.0360. The molecule has 7 heteroatoms. The van der Waals surface area contributed by atoms with Gasteiger partial charge in [-0.05, 0) is 80.5 Å². The molecule has 6 nitrogen and oxygen atoms in total. The minimum Gasteiger partial charge on any atom is -0.381 e. The van der Waals surface area contributed by atoms with Crippen LogP contribution in [0.4, 0.5) is 11.4 Å². The second kappa shape index (κ2) is 8.11. The van der Waals surface area contributed by atoms with Gasteiger partial charge >= 0.3 is 0 Å². The Kier molecular flexibility index (Phi) is 5.44. The average Bonchev–Trinajstić information content (AvgIpc) is 3.26. The van der Waals surface area contributed by atoms with E-state index in [1.807, 2.05) is 32.0 Å². The molecule has 3 heterocycles. The van der Waals surface area contributed by atoms with Crippen LogP contribution in [-0.4, -0.2) is 34.3 Å². The Morgan fingerprint density at radius 3 is 2.55 bits per heavy atom. The molecule has 2 aromatic carbocycles. The van der Waals surface area contributed by atoms with Gasteiger partial charge in [-0.3, -0.25) is 4.72 Å². The molecule has 3 aliphatic rings. The molecule has 31 heavy (non-hydrogen) atoms. The second-order valence-electron chi connectivity index (χ2n) is 9.02. The summed E-state index contributed by atoms with van der Waals surface area (Å²) in [5, 5.41) is 3.73. The van der Waals surface area contributed by atoms with Gasteiger partial charge in [-0.2, -0.15) is 0 Å². The van der Waals surface area contributed by atoms with Crippen LogP contribution in [0.25, 0.3) is 0 Å². The van der Waals surface area contributed by atoms with Gasteiger partial charge in [0.1, 0.15) is 0 Å². The number of hydrogen-bond donors (Lipinski definition) is 2. The second-order valence-corrected chi connectivity index (χ2v) is 10.7. The maximum absolute atomic E-state index is 13.1. The van der Waals surface area contributed by atoms with Crippen molar-refractivity contribution < 1.29 is 17.9 Å². The molecule has 2 saturated heterocycles. The summed E-state index contributed by atoms with van der Waals surface area (Å²) in [5.74, 6) is 0.923. The zero-order chi connectivity index (χ0) is 21.6. The van der Waals surface area contributed by atoms with Crippen LogP contribution in [0.2, 0.25) is 0 Å². The molecule has 0 radical (unpaired) electrons. The lowest BCUT2D eigenvalue weighted by Crippen LogP contribution is -2.43. The highest BCUT2D eigenvalue weighted by Gasteiger charge is 2.44. The Hall–Kier alpha value is -2.09. The molecule has 5 rings (SSSR count). The number of hydrogen-bond acceptors (Lipinski definition) is 5. The number of nitrogens with one attached hydrogen (secondary N) is 2. The van der Waals surface area contributed by atoms with Crippen LogP contribution in [-0.2, 0) is 19.5 Å². The minimum atomic E-state index is -3.69. The molecule has 3 atom stereocenters. The van der Waals surface area contributed by atoms with E-state index in [2.05, 4.69) is 10.0 Å². The quantitative estimate of drug-likeness (QED) is 0.734. The molecule has 3 aliphatic heterocycles. The Morgan fingerprint density at radius 1 is 0.968 bits per heavy atom. The Labute approximate surface area is 184 Å². The molecule has 0 bridgehead atoms. The van der Waals surface area contributed by atoms with E-state index in [0.717, 1.165) is 54.9 Å². The number of benzene rings is 2. The number of sulfonamides is 1. The average molecular weight is 443 g/mol. The first-order valence-corrected chi connectivity index (χ1v) is 12.6. The molecule has 0 amide bonds. The Bertz CT molecular complexity index is 1080. The summed E-state index contributed by atoms with van der Waals surface area (Å²) in [6, 6.07) is 11.3. The first-order chi connectivity index (χ1) is 14.9. The van der Waals surface area contributed by atoms with Crippen molar-refractivity contribution in [1.82, 2.24) is 0 Å². The summed E-state index contributed by atoms with van der Waals surface area (Å²) < 4.78 is 40.6. The number of aryl methyl sites for hydroxylation is 2. The zero-order valence-corrected chi connectivity index (χ0v) is 18.9. The van der Waals surface area contributed by atoms with Crippen LogP contribution in [0.5, 0.6) is 0 Å². The number of rotatable bonds is 4. The third kappa shape index (κ3) is 3.95. The molecule has 166 valence electrons. The largest absolute Gasteiger partial charge is 0.381 e. The third-order valence-corrected chi connectivity index (χ3v) is 8.47. The fraction of sp³-hybridized carbons (Fsp3) is 0.500. The van der Waals surface area contributed by atoms with Gasteiger partial charge in [0.25, 0.3) is 10.0 Å². The highest BCUT2D eigenvalue weighted by molar-refractivity contribution is 7.92. The van der Waals surface area contributed by atoms with Crippen LogP contribution in [0, 0.1) is 25.7 Å². The van der Waals surface area contributed by atoms with E-state index in [-0.39, 0.29) is 11.0 Å². The Balaban J connectivity index is 1.43. The van der Waals surface area contributed by atoms with E-state index >= 15 is 0 Å². The Morgan fingerprint density at radius 2 is 1.77 bits per heavy atom. The van der Waals surface area contributed by atoms with Crippen LogP contribution in [0.3, 0.4) is 0 Å². The lowest BCUT2D eigenvalue weighted by atomic mass is 9.76. The standard InChI is InChI=1S/C24H30N2O4S/c1-15-3-4-18(13-16(15)2)26-31(27,28)19-5-6-22-21(14-19)24-20(9-12-30-24)23(25-22)17-7-10-29-11-8-17/h3-6,13-14,17,20,23-26H,7-12H2,1-2H3. The predicted octanol–water partition coefficient (Wildman–Crippen LogP) is 4.40. The predicted molar refractivity (Wildman–Crippen MR) is 121 cm³/mol. The van der Waals surface area contributed by atoms with Crippen molar-refractivity contribution in [3.63, 3.8) is 0 Å². The fourth-order valence-corrected chi connectivity index (χ4v) is 6.30. The van der Waals surface area contributed by atoms with E-state index in [1.165, 1.54) is 0 Å². The summed E-state index contributed by atoms with van der Waals surface area (Å²) in [6.45, 7) is 6.33. The van der Waals surface area contributed by atoms with Gasteiger partial charge in [-0.15, -0.1) is 0 Å². The molecular weight excluding hydrogens is 412 g/mol. The topological polar surface area (TPSA) is 76.7 Å². The maximum Gasteiger partial charge on any atom is 0.261 e. The molecule has 2 fully saturated rings. The van der Waals surface area contributed by atoms with Crippen molar-refractivity contribution in [3.8, 4) is 0 Å². The molecule has 2 aromatic rings. The highest BCUT2D eigenvalue weighted by atomic mass is 32.2. The molecule has 0 aromatic heterocycles. The van der Waals surface area contributed by atoms with Gasteiger partial charge in [0.05, 0.1) is 11.0 Å². The van der Waals surface area contributed by atoms with E-state index in [4.69, 9.17) is 9.47 Å². The summed E-state index contributed by atoms with van der Waals surface area (Å²) >= 11 is 0. The fourth-order valence-electron chi connectivity index (χ4n) is 5.22. The van der Waals surface area contributed by atoms with Crippen molar-refractivity contribution in [2.45, 2.75) is 50.2 Å². The van der Waals surface area contributed by atoms with E-state index in [1.54, 1.807) is 18.2 Å².